The SMILES string of the molecule is Cc1cnc(C(=O)OCC(=O)Nc2ccc(C(F)(F)F)cc2[N+](=O)[O-])cn1. The molecule has 1 aromatic carbocycles. The van der Waals surface area contributed by atoms with Crippen molar-refractivity contribution in [2.45, 2.75) is 13.1 Å². The molecular formula is C15H11F3N4O5. The van der Waals surface area contributed by atoms with E-state index in [1.54, 1.807) is 6.92 Å². The van der Waals surface area contributed by atoms with Crippen LogP contribution in [0, 0.1) is 17.0 Å². The fraction of sp³-hybridized carbons (Fsp3) is 0.200. The number of aromatic nitrogens is 2. The molecule has 0 unspecified atom stereocenters. The van der Waals surface area contributed by atoms with E-state index in [1.807, 2.05) is 5.32 Å². The number of nitro benzene ring substituents is 1. The molecule has 12 heteroatoms. The molecule has 9 nitrogen and oxygen atoms in total. The number of halogens is 3. The number of alkyl halides is 3. The summed E-state index contributed by atoms with van der Waals surface area (Å²) in [6, 6.07) is 1.62. The van der Waals surface area contributed by atoms with Crippen LogP contribution in [-0.4, -0.2) is 33.4 Å². The van der Waals surface area contributed by atoms with Gasteiger partial charge in [0, 0.05) is 12.3 Å². The van der Waals surface area contributed by atoms with Gasteiger partial charge in [-0.3, -0.25) is 19.9 Å². The van der Waals surface area contributed by atoms with Crippen molar-refractivity contribution in [3.8, 4) is 0 Å². The summed E-state index contributed by atoms with van der Waals surface area (Å²) >= 11 is 0. The van der Waals surface area contributed by atoms with Crippen molar-refractivity contribution in [1.82, 2.24) is 9.97 Å². The van der Waals surface area contributed by atoms with Crippen molar-refractivity contribution in [1.29, 1.82) is 0 Å². The van der Waals surface area contributed by atoms with Crippen molar-refractivity contribution in [3.63, 3.8) is 0 Å². The van der Waals surface area contributed by atoms with Crippen molar-refractivity contribution in [2.24, 2.45) is 0 Å². The van der Waals surface area contributed by atoms with Gasteiger partial charge in [-0.1, -0.05) is 0 Å². The van der Waals surface area contributed by atoms with Crippen LogP contribution in [0.25, 0.3) is 0 Å². The topological polar surface area (TPSA) is 124 Å². The number of hydrogen-bond donors (Lipinski definition) is 1. The van der Waals surface area contributed by atoms with E-state index in [4.69, 9.17) is 0 Å². The van der Waals surface area contributed by atoms with E-state index < -0.39 is 46.5 Å². The van der Waals surface area contributed by atoms with E-state index >= 15 is 0 Å². The fourth-order valence-electron chi connectivity index (χ4n) is 1.85. The molecule has 2 aromatic rings. The van der Waals surface area contributed by atoms with E-state index in [1.165, 1.54) is 6.20 Å². The molecule has 0 atom stereocenters. The van der Waals surface area contributed by atoms with E-state index in [2.05, 4.69) is 14.7 Å². The lowest BCUT2D eigenvalue weighted by molar-refractivity contribution is -0.384. The predicted octanol–water partition coefficient (Wildman–Crippen LogP) is 2.51. The number of nitrogens with one attached hydrogen (secondary N) is 1. The number of nitro groups is 1. The normalized spacial score (nSPS) is 11.0. The maximum atomic E-state index is 12.6. The number of carbonyl (C=O) groups is 2. The highest BCUT2D eigenvalue weighted by atomic mass is 19.4. The number of carbonyl (C=O) groups excluding carboxylic acids is 2. The van der Waals surface area contributed by atoms with Gasteiger partial charge in [0.1, 0.15) is 5.69 Å². The summed E-state index contributed by atoms with van der Waals surface area (Å²) in [5.74, 6) is -1.94. The Balaban J connectivity index is 2.05. The number of aryl methyl sites for hydroxylation is 1. The molecule has 0 radical (unpaired) electrons. The molecule has 142 valence electrons. The second kappa shape index (κ2) is 7.76. The van der Waals surface area contributed by atoms with Crippen LogP contribution in [0.15, 0.2) is 30.6 Å². The number of hydrogen-bond acceptors (Lipinski definition) is 7. The third kappa shape index (κ3) is 5.20. The largest absolute Gasteiger partial charge is 0.451 e. The molecule has 2 rings (SSSR count). The van der Waals surface area contributed by atoms with Gasteiger partial charge < -0.3 is 10.1 Å². The van der Waals surface area contributed by atoms with Crippen LogP contribution in [-0.2, 0) is 15.7 Å². The number of anilines is 1. The van der Waals surface area contributed by atoms with E-state index in [-0.39, 0.29) is 5.69 Å². The minimum Gasteiger partial charge on any atom is -0.451 e. The van der Waals surface area contributed by atoms with Crippen LogP contribution >= 0.6 is 0 Å². The summed E-state index contributed by atoms with van der Waals surface area (Å²) in [7, 11) is 0. The van der Waals surface area contributed by atoms with Crippen LogP contribution < -0.4 is 5.32 Å². The van der Waals surface area contributed by atoms with Crippen LogP contribution in [0.5, 0.6) is 0 Å². The smallest absolute Gasteiger partial charge is 0.416 e. The number of benzene rings is 1. The molecule has 0 aliphatic carbocycles. The van der Waals surface area contributed by atoms with Crippen LogP contribution in [0.3, 0.4) is 0 Å². The van der Waals surface area contributed by atoms with Gasteiger partial charge in [0.15, 0.2) is 12.3 Å². The second-order valence-electron chi connectivity index (χ2n) is 5.15. The summed E-state index contributed by atoms with van der Waals surface area (Å²) in [5.41, 5.74) is -2.26. The van der Waals surface area contributed by atoms with Gasteiger partial charge in [-0.05, 0) is 19.1 Å². The minimum atomic E-state index is -4.78. The van der Waals surface area contributed by atoms with Crippen LogP contribution in [0.4, 0.5) is 24.5 Å². The molecule has 0 aliphatic heterocycles. The van der Waals surface area contributed by atoms with E-state index in [0.29, 0.717) is 17.8 Å². The zero-order chi connectivity index (χ0) is 20.2. The van der Waals surface area contributed by atoms with Gasteiger partial charge in [-0.15, -0.1) is 0 Å². The first-order valence-electron chi connectivity index (χ1n) is 7.19. The Morgan fingerprint density at radius 2 is 1.96 bits per heavy atom. The van der Waals surface area contributed by atoms with Crippen molar-refractivity contribution < 1.29 is 32.4 Å². The molecule has 1 N–H and O–H groups in total. The van der Waals surface area contributed by atoms with Crippen molar-refractivity contribution in [3.05, 3.63) is 57.7 Å². The average Bonchev–Trinajstić information content (AvgIpc) is 2.59. The van der Waals surface area contributed by atoms with Crippen LogP contribution in [0.1, 0.15) is 21.7 Å². The highest BCUT2D eigenvalue weighted by Gasteiger charge is 2.33. The van der Waals surface area contributed by atoms with Gasteiger partial charge in [0.2, 0.25) is 0 Å². The van der Waals surface area contributed by atoms with Crippen molar-refractivity contribution >= 4 is 23.3 Å². The number of esters is 1. The summed E-state index contributed by atoms with van der Waals surface area (Å²) in [6.07, 6.45) is -2.34. The molecule has 0 aliphatic rings. The molecule has 1 heterocycles. The Morgan fingerprint density at radius 3 is 2.52 bits per heavy atom. The molecule has 0 bridgehead atoms. The lowest BCUT2D eigenvalue weighted by Gasteiger charge is -2.10. The maximum absolute atomic E-state index is 12.6. The summed E-state index contributed by atoms with van der Waals surface area (Å²) in [5, 5.41) is 13.0. The zero-order valence-electron chi connectivity index (χ0n) is 13.6. The lowest BCUT2D eigenvalue weighted by atomic mass is 10.1. The van der Waals surface area contributed by atoms with Gasteiger partial charge in [-0.25, -0.2) is 9.78 Å². The van der Waals surface area contributed by atoms with Gasteiger partial charge in [-0.2, -0.15) is 13.2 Å². The average molecular weight is 384 g/mol. The summed E-state index contributed by atoms with van der Waals surface area (Å²) in [4.78, 5) is 40.9. The van der Waals surface area contributed by atoms with E-state index in [9.17, 15) is 32.9 Å². The molecule has 27 heavy (non-hydrogen) atoms. The second-order valence-corrected chi connectivity index (χ2v) is 5.15. The number of nitrogens with zero attached hydrogens (tertiary/aromatic N) is 3. The Bertz CT molecular complexity index is 884. The number of ether oxygens (including phenoxy) is 1. The highest BCUT2D eigenvalue weighted by molar-refractivity contribution is 5.96. The third-order valence-electron chi connectivity index (χ3n) is 3.12. The Hall–Kier alpha value is -3.57. The molecule has 0 saturated carbocycles. The Morgan fingerprint density at radius 1 is 1.26 bits per heavy atom. The predicted molar refractivity (Wildman–Crippen MR) is 83.8 cm³/mol. The van der Waals surface area contributed by atoms with E-state index in [0.717, 1.165) is 12.3 Å². The van der Waals surface area contributed by atoms with Gasteiger partial charge >= 0.3 is 12.1 Å². The summed E-state index contributed by atoms with van der Waals surface area (Å²) < 4.78 is 42.6. The quantitative estimate of drug-likeness (QED) is 0.477. The van der Waals surface area contributed by atoms with Gasteiger partial charge in [0.05, 0.1) is 22.4 Å². The first-order chi connectivity index (χ1) is 12.6. The van der Waals surface area contributed by atoms with Crippen LogP contribution in [0.2, 0.25) is 0 Å². The minimum absolute atomic E-state index is 0.158. The Kier molecular flexibility index (Phi) is 5.68. The first-order valence-corrected chi connectivity index (χ1v) is 7.19. The lowest BCUT2D eigenvalue weighted by Crippen LogP contribution is -2.22. The van der Waals surface area contributed by atoms with Gasteiger partial charge in [0.25, 0.3) is 11.6 Å². The molecule has 1 amide bonds. The molecule has 1 aromatic heterocycles. The fourth-order valence-corrected chi connectivity index (χ4v) is 1.85. The third-order valence-corrected chi connectivity index (χ3v) is 3.12. The monoisotopic (exact) mass is 384 g/mol. The maximum Gasteiger partial charge on any atom is 0.416 e. The number of amides is 1. The zero-order valence-corrected chi connectivity index (χ0v) is 13.6. The number of rotatable bonds is 5. The molecule has 0 fully saturated rings. The first kappa shape index (κ1) is 19.8. The summed E-state index contributed by atoms with van der Waals surface area (Å²) in [6.45, 7) is 0.819. The Labute approximate surface area is 149 Å². The molecule has 0 spiro atoms. The highest BCUT2D eigenvalue weighted by Crippen LogP contribution is 2.34. The molecule has 0 saturated heterocycles. The van der Waals surface area contributed by atoms with Crippen molar-refractivity contribution in [2.75, 3.05) is 11.9 Å². The standard InChI is InChI=1S/C15H11F3N4O5/c1-8-5-20-11(6-19-8)14(24)27-7-13(23)21-10-3-2-9(15(16,17)18)4-12(10)22(25)26/h2-6H,7H2,1H3,(H,21,23). The molecular weight excluding hydrogens is 373 g/mol.